The number of aryl methyl sites for hydroxylation is 2. The summed E-state index contributed by atoms with van der Waals surface area (Å²) in [5, 5.41) is 10.2. The Morgan fingerprint density at radius 3 is 2.58 bits per heavy atom. The number of hydrogen-bond donors (Lipinski definition) is 1. The van der Waals surface area contributed by atoms with Crippen LogP contribution >= 0.6 is 0 Å². The lowest BCUT2D eigenvalue weighted by Gasteiger charge is -2.20. The van der Waals surface area contributed by atoms with Gasteiger partial charge >= 0.3 is 0 Å². The molecule has 0 fully saturated rings. The van der Waals surface area contributed by atoms with Gasteiger partial charge < -0.3 is 9.67 Å². The molecule has 0 spiro atoms. The van der Waals surface area contributed by atoms with Crippen molar-refractivity contribution in [1.82, 2.24) is 14.5 Å². The van der Waals surface area contributed by atoms with Crippen LogP contribution in [0, 0.1) is 6.92 Å². The van der Waals surface area contributed by atoms with Gasteiger partial charge in [0, 0.05) is 26.0 Å². The SMILES string of the molecule is Cc1ccc(C(O)CN(C)Cc2nccn2C)cc1. The summed E-state index contributed by atoms with van der Waals surface area (Å²) in [5.41, 5.74) is 2.16. The van der Waals surface area contributed by atoms with Crippen molar-refractivity contribution in [2.75, 3.05) is 13.6 Å². The van der Waals surface area contributed by atoms with Gasteiger partial charge in [-0.2, -0.15) is 0 Å². The first-order chi connectivity index (χ1) is 9.06. The maximum atomic E-state index is 10.2. The van der Waals surface area contributed by atoms with E-state index in [4.69, 9.17) is 0 Å². The average Bonchev–Trinajstić information content (AvgIpc) is 2.75. The topological polar surface area (TPSA) is 41.3 Å². The highest BCUT2D eigenvalue weighted by Gasteiger charge is 2.12. The molecule has 0 bridgehead atoms. The zero-order valence-corrected chi connectivity index (χ0v) is 11.7. The van der Waals surface area contributed by atoms with Crippen LogP contribution in [-0.2, 0) is 13.6 Å². The molecule has 102 valence electrons. The molecule has 0 amide bonds. The van der Waals surface area contributed by atoms with Gasteiger partial charge in [-0.15, -0.1) is 0 Å². The van der Waals surface area contributed by atoms with Gasteiger partial charge in [-0.3, -0.25) is 4.90 Å². The van der Waals surface area contributed by atoms with Gasteiger partial charge in [0.15, 0.2) is 0 Å². The quantitative estimate of drug-likeness (QED) is 0.891. The maximum absolute atomic E-state index is 10.2. The summed E-state index contributed by atoms with van der Waals surface area (Å²) in [5.74, 6) is 0.999. The fraction of sp³-hybridized carbons (Fsp3) is 0.400. The highest BCUT2D eigenvalue weighted by molar-refractivity contribution is 5.23. The first kappa shape index (κ1) is 13.8. The molecular formula is C15H21N3O. The fourth-order valence-corrected chi connectivity index (χ4v) is 2.04. The summed E-state index contributed by atoms with van der Waals surface area (Å²) in [6.07, 6.45) is 3.25. The molecule has 0 saturated heterocycles. The lowest BCUT2D eigenvalue weighted by molar-refractivity contribution is 0.122. The van der Waals surface area contributed by atoms with E-state index in [-0.39, 0.29) is 0 Å². The Balaban J connectivity index is 1.93. The molecule has 4 heteroatoms. The van der Waals surface area contributed by atoms with Crippen molar-refractivity contribution in [3.8, 4) is 0 Å². The van der Waals surface area contributed by atoms with Crippen molar-refractivity contribution in [2.24, 2.45) is 7.05 Å². The second-order valence-corrected chi connectivity index (χ2v) is 5.08. The summed E-state index contributed by atoms with van der Waals surface area (Å²) < 4.78 is 1.99. The summed E-state index contributed by atoms with van der Waals surface area (Å²) in [7, 11) is 3.97. The van der Waals surface area contributed by atoms with Crippen LogP contribution in [0.25, 0.3) is 0 Å². The molecule has 0 aliphatic carbocycles. The van der Waals surface area contributed by atoms with E-state index >= 15 is 0 Å². The third-order valence-corrected chi connectivity index (χ3v) is 3.28. The minimum Gasteiger partial charge on any atom is -0.387 e. The van der Waals surface area contributed by atoms with Crippen LogP contribution in [0.3, 0.4) is 0 Å². The summed E-state index contributed by atoms with van der Waals surface area (Å²) >= 11 is 0. The highest BCUT2D eigenvalue weighted by atomic mass is 16.3. The summed E-state index contributed by atoms with van der Waals surface area (Å²) in [6.45, 7) is 3.37. The van der Waals surface area contributed by atoms with Crippen molar-refractivity contribution in [3.05, 3.63) is 53.6 Å². The molecule has 1 unspecified atom stereocenters. The van der Waals surface area contributed by atoms with Crippen LogP contribution < -0.4 is 0 Å². The lowest BCUT2D eigenvalue weighted by Crippen LogP contribution is -2.25. The van der Waals surface area contributed by atoms with Crippen molar-refractivity contribution < 1.29 is 5.11 Å². The largest absolute Gasteiger partial charge is 0.387 e. The summed E-state index contributed by atoms with van der Waals surface area (Å²) in [4.78, 5) is 6.36. The van der Waals surface area contributed by atoms with E-state index in [0.717, 1.165) is 17.9 Å². The van der Waals surface area contributed by atoms with Crippen LogP contribution in [0.5, 0.6) is 0 Å². The molecular weight excluding hydrogens is 238 g/mol. The van der Waals surface area contributed by atoms with Gasteiger partial charge in [0.25, 0.3) is 0 Å². The van der Waals surface area contributed by atoms with Gasteiger partial charge in [-0.05, 0) is 19.5 Å². The Labute approximate surface area is 114 Å². The molecule has 1 heterocycles. The number of benzene rings is 1. The second-order valence-electron chi connectivity index (χ2n) is 5.08. The van der Waals surface area contributed by atoms with Crippen LogP contribution in [0.15, 0.2) is 36.7 Å². The number of nitrogens with zero attached hydrogens (tertiary/aromatic N) is 3. The Kier molecular flexibility index (Phi) is 4.35. The predicted molar refractivity (Wildman–Crippen MR) is 75.7 cm³/mol. The number of aliphatic hydroxyl groups excluding tert-OH is 1. The maximum Gasteiger partial charge on any atom is 0.122 e. The first-order valence-electron chi connectivity index (χ1n) is 6.45. The molecule has 1 N–H and O–H groups in total. The minimum atomic E-state index is -0.467. The molecule has 2 aromatic rings. The van der Waals surface area contributed by atoms with E-state index < -0.39 is 6.10 Å². The number of likely N-dealkylation sites (N-methyl/N-ethyl adjacent to an activating group) is 1. The van der Waals surface area contributed by atoms with Crippen molar-refractivity contribution in [3.63, 3.8) is 0 Å². The van der Waals surface area contributed by atoms with Gasteiger partial charge in [-0.1, -0.05) is 29.8 Å². The zero-order valence-electron chi connectivity index (χ0n) is 11.7. The van der Waals surface area contributed by atoms with E-state index in [1.165, 1.54) is 5.56 Å². The van der Waals surface area contributed by atoms with Crippen molar-refractivity contribution in [1.29, 1.82) is 0 Å². The third-order valence-electron chi connectivity index (χ3n) is 3.28. The van der Waals surface area contributed by atoms with Crippen LogP contribution in [0.4, 0.5) is 0 Å². The first-order valence-corrected chi connectivity index (χ1v) is 6.45. The number of imidazole rings is 1. The zero-order chi connectivity index (χ0) is 13.8. The normalized spacial score (nSPS) is 12.9. The fourth-order valence-electron chi connectivity index (χ4n) is 2.04. The predicted octanol–water partition coefficient (Wildman–Crippen LogP) is 1.89. The van der Waals surface area contributed by atoms with E-state index in [2.05, 4.69) is 9.88 Å². The molecule has 19 heavy (non-hydrogen) atoms. The monoisotopic (exact) mass is 259 g/mol. The van der Waals surface area contributed by atoms with E-state index in [0.29, 0.717) is 6.54 Å². The van der Waals surface area contributed by atoms with Crippen LogP contribution in [0.1, 0.15) is 23.1 Å². The standard InChI is InChI=1S/C15H21N3O/c1-12-4-6-13(7-5-12)14(19)10-17(2)11-15-16-8-9-18(15)3/h4-9,14,19H,10-11H2,1-3H3. The minimum absolute atomic E-state index is 0.467. The molecule has 0 aliphatic rings. The van der Waals surface area contributed by atoms with Crippen molar-refractivity contribution >= 4 is 0 Å². The van der Waals surface area contributed by atoms with Gasteiger partial charge in [0.2, 0.25) is 0 Å². The lowest BCUT2D eigenvalue weighted by atomic mass is 10.1. The van der Waals surface area contributed by atoms with E-state index in [9.17, 15) is 5.11 Å². The van der Waals surface area contributed by atoms with Gasteiger partial charge in [0.1, 0.15) is 5.82 Å². The van der Waals surface area contributed by atoms with Crippen molar-refractivity contribution in [2.45, 2.75) is 19.6 Å². The van der Waals surface area contributed by atoms with Crippen LogP contribution in [0.2, 0.25) is 0 Å². The molecule has 0 saturated carbocycles. The Hall–Kier alpha value is -1.65. The second kappa shape index (κ2) is 5.99. The molecule has 2 rings (SSSR count). The molecule has 0 aliphatic heterocycles. The molecule has 0 radical (unpaired) electrons. The highest BCUT2D eigenvalue weighted by Crippen LogP contribution is 2.15. The average molecular weight is 259 g/mol. The Bertz CT molecular complexity index is 518. The molecule has 1 aromatic carbocycles. The van der Waals surface area contributed by atoms with Crippen LogP contribution in [-0.4, -0.2) is 33.1 Å². The smallest absolute Gasteiger partial charge is 0.122 e. The van der Waals surface area contributed by atoms with Gasteiger partial charge in [0.05, 0.1) is 12.6 Å². The number of hydrogen-bond acceptors (Lipinski definition) is 3. The number of aromatic nitrogens is 2. The Morgan fingerprint density at radius 2 is 2.00 bits per heavy atom. The number of rotatable bonds is 5. The van der Waals surface area contributed by atoms with Gasteiger partial charge in [-0.25, -0.2) is 4.98 Å². The molecule has 1 atom stereocenters. The third kappa shape index (κ3) is 3.66. The Morgan fingerprint density at radius 1 is 1.32 bits per heavy atom. The van der Waals surface area contributed by atoms with E-state index in [1.807, 2.05) is 56.0 Å². The van der Waals surface area contributed by atoms with E-state index in [1.54, 1.807) is 6.20 Å². The molecule has 1 aromatic heterocycles. The summed E-state index contributed by atoms with van der Waals surface area (Å²) in [6, 6.07) is 8.01. The number of aliphatic hydroxyl groups is 1. The molecule has 4 nitrogen and oxygen atoms in total.